The first-order chi connectivity index (χ1) is 14.8. The lowest BCUT2D eigenvalue weighted by Crippen LogP contribution is -2.69. The Bertz CT molecular complexity index is 737. The highest BCUT2D eigenvalue weighted by Crippen LogP contribution is 2.29. The molecule has 4 rings (SSSR count). The molecule has 0 bridgehead atoms. The van der Waals surface area contributed by atoms with E-state index in [1.54, 1.807) is 14.7 Å². The van der Waals surface area contributed by atoms with Gasteiger partial charge in [-0.3, -0.25) is 9.59 Å². The molecule has 1 saturated carbocycles. The molecule has 10 nitrogen and oxygen atoms in total. The molecule has 3 saturated heterocycles. The van der Waals surface area contributed by atoms with Crippen LogP contribution in [0.4, 0.5) is 9.59 Å². The molecule has 0 aromatic heterocycles. The average molecular weight is 435 g/mol. The topological polar surface area (TPSA) is 114 Å². The molecule has 3 unspecified atom stereocenters. The van der Waals surface area contributed by atoms with E-state index in [9.17, 15) is 19.2 Å². The Morgan fingerprint density at radius 3 is 2.29 bits per heavy atom. The SMILES string of the molecule is CC(C)NC(=O)NC1CC2C(=O)N3CCN(C(=O)NC4CCCCC4)CC3C(=O)N2C1. The van der Waals surface area contributed by atoms with Gasteiger partial charge in [-0.25, -0.2) is 9.59 Å². The molecule has 3 N–H and O–H groups in total. The molecule has 4 aliphatic rings. The number of amides is 6. The minimum atomic E-state index is -0.641. The second-order valence-electron chi connectivity index (χ2n) is 9.49. The van der Waals surface area contributed by atoms with Crippen LogP contribution in [0, 0.1) is 0 Å². The van der Waals surface area contributed by atoms with E-state index in [0.717, 1.165) is 25.7 Å². The van der Waals surface area contributed by atoms with Gasteiger partial charge < -0.3 is 30.7 Å². The Kier molecular flexibility index (Phi) is 6.24. The number of nitrogens with one attached hydrogen (secondary N) is 3. The summed E-state index contributed by atoms with van der Waals surface area (Å²) in [6, 6.07) is -1.65. The van der Waals surface area contributed by atoms with Gasteiger partial charge in [0, 0.05) is 31.7 Å². The third kappa shape index (κ3) is 4.57. The number of piperazine rings is 2. The first-order valence-electron chi connectivity index (χ1n) is 11.6. The molecule has 0 radical (unpaired) electrons. The minimum absolute atomic E-state index is 0.00645. The second-order valence-corrected chi connectivity index (χ2v) is 9.49. The van der Waals surface area contributed by atoms with Gasteiger partial charge >= 0.3 is 12.1 Å². The zero-order valence-electron chi connectivity index (χ0n) is 18.4. The summed E-state index contributed by atoms with van der Waals surface area (Å²) in [7, 11) is 0. The summed E-state index contributed by atoms with van der Waals surface area (Å²) >= 11 is 0. The predicted octanol–water partition coefficient (Wildman–Crippen LogP) is 0.232. The Hall–Kier alpha value is -2.52. The lowest BCUT2D eigenvalue weighted by molar-refractivity contribution is -0.162. The van der Waals surface area contributed by atoms with E-state index in [-0.39, 0.29) is 48.5 Å². The number of carbonyl (C=O) groups excluding carboxylic acids is 4. The molecule has 10 heteroatoms. The van der Waals surface area contributed by atoms with E-state index in [1.165, 1.54) is 6.42 Å². The molecule has 3 atom stereocenters. The molecule has 172 valence electrons. The van der Waals surface area contributed by atoms with E-state index in [1.807, 2.05) is 13.8 Å². The van der Waals surface area contributed by atoms with Crippen LogP contribution in [0.25, 0.3) is 0 Å². The first kappa shape index (κ1) is 21.7. The standard InChI is InChI=1S/C21H34N6O4/c1-13(2)22-20(30)23-15-10-16-18(28)26-9-8-25(12-17(26)19(29)27(16)11-15)21(31)24-14-6-4-3-5-7-14/h13-17H,3-12H2,1-2H3,(H,24,31)(H2,22,23,30). The minimum Gasteiger partial charge on any atom is -0.336 e. The van der Waals surface area contributed by atoms with E-state index in [2.05, 4.69) is 16.0 Å². The van der Waals surface area contributed by atoms with Gasteiger partial charge in [0.05, 0.1) is 12.6 Å². The van der Waals surface area contributed by atoms with Crippen LogP contribution in [-0.2, 0) is 9.59 Å². The van der Waals surface area contributed by atoms with Gasteiger partial charge in [0.25, 0.3) is 0 Å². The van der Waals surface area contributed by atoms with Gasteiger partial charge in [-0.2, -0.15) is 0 Å². The number of carbonyl (C=O) groups is 4. The number of nitrogens with zero attached hydrogens (tertiary/aromatic N) is 3. The van der Waals surface area contributed by atoms with Gasteiger partial charge in [-0.15, -0.1) is 0 Å². The normalized spacial score (nSPS) is 29.0. The quantitative estimate of drug-likeness (QED) is 0.590. The highest BCUT2D eigenvalue weighted by atomic mass is 16.2. The largest absolute Gasteiger partial charge is 0.336 e. The highest BCUT2D eigenvalue weighted by molar-refractivity contribution is 5.98. The van der Waals surface area contributed by atoms with Gasteiger partial charge in [0.1, 0.15) is 12.1 Å². The van der Waals surface area contributed by atoms with Crippen molar-refractivity contribution in [2.45, 2.75) is 82.6 Å². The Morgan fingerprint density at radius 1 is 0.871 bits per heavy atom. The number of hydrogen-bond donors (Lipinski definition) is 3. The highest BCUT2D eigenvalue weighted by Gasteiger charge is 2.52. The third-order valence-electron chi connectivity index (χ3n) is 6.79. The predicted molar refractivity (Wildman–Crippen MR) is 113 cm³/mol. The number of hydrogen-bond acceptors (Lipinski definition) is 4. The molecule has 3 heterocycles. The van der Waals surface area contributed by atoms with Crippen LogP contribution in [0.5, 0.6) is 0 Å². The van der Waals surface area contributed by atoms with Crippen LogP contribution < -0.4 is 16.0 Å². The van der Waals surface area contributed by atoms with Crippen LogP contribution >= 0.6 is 0 Å². The molecular weight excluding hydrogens is 400 g/mol. The van der Waals surface area contributed by atoms with E-state index < -0.39 is 12.1 Å². The van der Waals surface area contributed by atoms with Crippen LogP contribution in [0.2, 0.25) is 0 Å². The summed E-state index contributed by atoms with van der Waals surface area (Å²) in [4.78, 5) is 56.0. The number of urea groups is 2. The maximum absolute atomic E-state index is 13.2. The van der Waals surface area contributed by atoms with Crippen LogP contribution in [-0.4, -0.2) is 95.0 Å². The molecule has 1 aliphatic carbocycles. The number of rotatable bonds is 3. The van der Waals surface area contributed by atoms with Crippen molar-refractivity contribution in [3.63, 3.8) is 0 Å². The van der Waals surface area contributed by atoms with Gasteiger partial charge in [-0.1, -0.05) is 19.3 Å². The fourth-order valence-corrected chi connectivity index (χ4v) is 5.25. The zero-order valence-corrected chi connectivity index (χ0v) is 18.4. The van der Waals surface area contributed by atoms with Crippen LogP contribution in [0.3, 0.4) is 0 Å². The summed E-state index contributed by atoms with van der Waals surface area (Å²) in [5, 5.41) is 8.75. The molecule has 3 aliphatic heterocycles. The van der Waals surface area contributed by atoms with Crippen LogP contribution in [0.15, 0.2) is 0 Å². The summed E-state index contributed by atoms with van der Waals surface area (Å²) in [5.74, 6) is -0.209. The summed E-state index contributed by atoms with van der Waals surface area (Å²) in [5.41, 5.74) is 0. The molecule has 6 amide bonds. The Morgan fingerprint density at radius 2 is 1.58 bits per heavy atom. The van der Waals surface area contributed by atoms with E-state index in [0.29, 0.717) is 26.1 Å². The second kappa shape index (κ2) is 8.92. The maximum Gasteiger partial charge on any atom is 0.317 e. The van der Waals surface area contributed by atoms with Crippen molar-refractivity contribution in [2.75, 3.05) is 26.2 Å². The monoisotopic (exact) mass is 434 g/mol. The van der Waals surface area contributed by atoms with E-state index >= 15 is 0 Å². The molecular formula is C21H34N6O4. The fourth-order valence-electron chi connectivity index (χ4n) is 5.25. The molecule has 0 aromatic rings. The molecule has 4 fully saturated rings. The van der Waals surface area contributed by atoms with Crippen molar-refractivity contribution in [1.82, 2.24) is 30.7 Å². The Labute approximate surface area is 183 Å². The molecule has 31 heavy (non-hydrogen) atoms. The zero-order chi connectivity index (χ0) is 22.1. The number of fused-ring (bicyclic) bond motifs is 2. The van der Waals surface area contributed by atoms with Gasteiger partial charge in [-0.05, 0) is 33.1 Å². The maximum atomic E-state index is 13.2. The summed E-state index contributed by atoms with van der Waals surface area (Å²) in [6.07, 6.45) is 5.91. The molecule has 0 aromatic carbocycles. The average Bonchev–Trinajstić information content (AvgIpc) is 3.15. The van der Waals surface area contributed by atoms with Crippen LogP contribution in [0.1, 0.15) is 52.4 Å². The lowest BCUT2D eigenvalue weighted by Gasteiger charge is -2.47. The van der Waals surface area contributed by atoms with Crippen molar-refractivity contribution in [3.05, 3.63) is 0 Å². The smallest absolute Gasteiger partial charge is 0.317 e. The Balaban J connectivity index is 1.37. The third-order valence-corrected chi connectivity index (χ3v) is 6.79. The summed E-state index contributed by atoms with van der Waals surface area (Å²) < 4.78 is 0. The van der Waals surface area contributed by atoms with Gasteiger partial charge in [0.15, 0.2) is 0 Å². The lowest BCUT2D eigenvalue weighted by atomic mass is 9.95. The van der Waals surface area contributed by atoms with Gasteiger partial charge in [0.2, 0.25) is 11.8 Å². The van der Waals surface area contributed by atoms with Crippen molar-refractivity contribution in [1.29, 1.82) is 0 Å². The molecule has 0 spiro atoms. The van der Waals surface area contributed by atoms with Crippen molar-refractivity contribution >= 4 is 23.9 Å². The first-order valence-corrected chi connectivity index (χ1v) is 11.6. The van der Waals surface area contributed by atoms with Crippen molar-refractivity contribution in [2.24, 2.45) is 0 Å². The van der Waals surface area contributed by atoms with Crippen molar-refractivity contribution < 1.29 is 19.2 Å². The van der Waals surface area contributed by atoms with E-state index in [4.69, 9.17) is 0 Å². The fraction of sp³-hybridized carbons (Fsp3) is 0.810. The van der Waals surface area contributed by atoms with Crippen molar-refractivity contribution in [3.8, 4) is 0 Å². The summed E-state index contributed by atoms with van der Waals surface area (Å²) in [6.45, 7) is 5.08.